The number of likely N-dealkylation sites (N-methyl/N-ethyl adjacent to an activating group) is 1. The lowest BCUT2D eigenvalue weighted by molar-refractivity contribution is 0.0659. The first kappa shape index (κ1) is 21.0. The lowest BCUT2D eigenvalue weighted by Crippen LogP contribution is -2.47. The average Bonchev–Trinajstić information content (AvgIpc) is 3.15. The maximum Gasteiger partial charge on any atom is 0.256 e. The van der Waals surface area contributed by atoms with Crippen LogP contribution in [0.15, 0.2) is 35.1 Å². The van der Waals surface area contributed by atoms with Gasteiger partial charge in [-0.1, -0.05) is 6.92 Å². The van der Waals surface area contributed by atoms with Crippen LogP contribution in [0.25, 0.3) is 16.6 Å². The second-order valence-electron chi connectivity index (χ2n) is 7.59. The molecule has 0 N–H and O–H groups in total. The molecule has 0 saturated carbocycles. The minimum absolute atomic E-state index is 0.000580. The Morgan fingerprint density at radius 1 is 1.20 bits per heavy atom. The first-order valence-electron chi connectivity index (χ1n) is 10.1. The molecule has 1 aliphatic heterocycles. The number of aromatic nitrogens is 3. The van der Waals surface area contributed by atoms with Crippen molar-refractivity contribution >= 4 is 27.4 Å². The number of nitrogens with zero attached hydrogens (tertiary/aromatic N) is 5. The number of carbonyl (C=O) groups is 1. The van der Waals surface area contributed by atoms with Gasteiger partial charge in [-0.2, -0.15) is 5.10 Å². The van der Waals surface area contributed by atoms with Crippen molar-refractivity contribution in [1.82, 2.24) is 24.4 Å². The van der Waals surface area contributed by atoms with Crippen LogP contribution in [0.5, 0.6) is 0 Å². The zero-order chi connectivity index (χ0) is 21.3. The van der Waals surface area contributed by atoms with E-state index < -0.39 is 0 Å². The van der Waals surface area contributed by atoms with Crippen molar-refractivity contribution in [3.63, 3.8) is 0 Å². The smallest absolute Gasteiger partial charge is 0.256 e. The molecule has 1 saturated heterocycles. The fourth-order valence-electron chi connectivity index (χ4n) is 3.97. The fourth-order valence-corrected chi connectivity index (χ4v) is 4.33. The third kappa shape index (κ3) is 3.87. The Hall–Kier alpha value is -2.29. The molecule has 0 spiro atoms. The minimum Gasteiger partial charge on any atom is -0.378 e. The summed E-state index contributed by atoms with van der Waals surface area (Å²) in [7, 11) is 3.71. The van der Waals surface area contributed by atoms with E-state index >= 15 is 0 Å². The number of amides is 1. The summed E-state index contributed by atoms with van der Waals surface area (Å²) in [6.07, 6.45) is 4.39. The Kier molecular flexibility index (Phi) is 6.17. The molecule has 0 bridgehead atoms. The van der Waals surface area contributed by atoms with Crippen molar-refractivity contribution in [1.29, 1.82) is 0 Å². The van der Waals surface area contributed by atoms with E-state index in [4.69, 9.17) is 9.84 Å². The zero-order valence-electron chi connectivity index (χ0n) is 17.6. The van der Waals surface area contributed by atoms with Crippen molar-refractivity contribution in [2.45, 2.75) is 20.0 Å². The number of carbonyl (C=O) groups excluding carboxylic acids is 1. The predicted octanol–water partition coefficient (Wildman–Crippen LogP) is 3.26. The monoisotopic (exact) mass is 471 g/mol. The summed E-state index contributed by atoms with van der Waals surface area (Å²) >= 11 is 3.53. The summed E-state index contributed by atoms with van der Waals surface area (Å²) in [5.74, 6) is -0.000580. The van der Waals surface area contributed by atoms with Crippen molar-refractivity contribution in [3.05, 3.63) is 52.0 Å². The topological polar surface area (TPSA) is 63.0 Å². The van der Waals surface area contributed by atoms with E-state index in [2.05, 4.69) is 45.9 Å². The van der Waals surface area contributed by atoms with Crippen LogP contribution in [0.4, 0.5) is 0 Å². The summed E-state index contributed by atoms with van der Waals surface area (Å²) in [6, 6.07) is 6.11. The number of hydrogen-bond donors (Lipinski definition) is 0. The molecule has 7 nitrogen and oxygen atoms in total. The van der Waals surface area contributed by atoms with E-state index in [0.29, 0.717) is 24.3 Å². The Morgan fingerprint density at radius 2 is 1.97 bits per heavy atom. The number of ether oxygens (including phenoxy) is 1. The van der Waals surface area contributed by atoms with Gasteiger partial charge in [-0.05, 0) is 47.6 Å². The van der Waals surface area contributed by atoms with Crippen LogP contribution >= 0.6 is 15.9 Å². The Morgan fingerprint density at radius 3 is 2.63 bits per heavy atom. The van der Waals surface area contributed by atoms with E-state index in [1.54, 1.807) is 19.5 Å². The molecule has 4 rings (SSSR count). The summed E-state index contributed by atoms with van der Waals surface area (Å²) in [5.41, 5.74) is 4.99. The van der Waals surface area contributed by atoms with Crippen LogP contribution in [-0.2, 0) is 17.8 Å². The second kappa shape index (κ2) is 8.83. The number of hydrogen-bond acceptors (Lipinski definition) is 5. The molecule has 30 heavy (non-hydrogen) atoms. The lowest BCUT2D eigenvalue weighted by Gasteiger charge is -2.33. The van der Waals surface area contributed by atoms with Gasteiger partial charge < -0.3 is 14.5 Å². The van der Waals surface area contributed by atoms with Gasteiger partial charge >= 0.3 is 0 Å². The van der Waals surface area contributed by atoms with Gasteiger partial charge in [-0.15, -0.1) is 0 Å². The Bertz CT molecular complexity index is 1070. The molecule has 3 aromatic rings. The van der Waals surface area contributed by atoms with Gasteiger partial charge in [0, 0.05) is 67.0 Å². The van der Waals surface area contributed by atoms with Crippen LogP contribution in [0.3, 0.4) is 0 Å². The predicted molar refractivity (Wildman–Crippen MR) is 120 cm³/mol. The molecule has 4 heterocycles. The van der Waals surface area contributed by atoms with Crippen LogP contribution in [-0.4, -0.2) is 70.6 Å². The molecule has 158 valence electrons. The molecule has 1 aliphatic rings. The molecule has 0 aromatic carbocycles. The number of halogens is 1. The molecule has 0 radical (unpaired) electrons. The SMILES string of the molecule is CCc1ccc2c(-c3cncc(Br)c3)c(C(=O)N3CCN(C)CC3)c(COC)nn12. The highest BCUT2D eigenvalue weighted by Gasteiger charge is 2.29. The first-order chi connectivity index (χ1) is 14.5. The highest BCUT2D eigenvalue weighted by atomic mass is 79.9. The number of methoxy groups -OCH3 is 1. The number of piperazine rings is 1. The minimum atomic E-state index is -0.000580. The largest absolute Gasteiger partial charge is 0.378 e. The van der Waals surface area contributed by atoms with Gasteiger partial charge in [0.05, 0.1) is 17.7 Å². The lowest BCUT2D eigenvalue weighted by atomic mass is 9.98. The third-order valence-electron chi connectivity index (χ3n) is 5.59. The van der Waals surface area contributed by atoms with Crippen LogP contribution in [0, 0.1) is 0 Å². The molecule has 0 atom stereocenters. The molecule has 8 heteroatoms. The van der Waals surface area contributed by atoms with Crippen LogP contribution in [0.2, 0.25) is 0 Å². The summed E-state index contributed by atoms with van der Waals surface area (Å²) in [4.78, 5) is 22.3. The Labute approximate surface area is 184 Å². The molecule has 1 fully saturated rings. The van der Waals surface area contributed by atoms with Crippen molar-refractivity contribution in [3.8, 4) is 11.1 Å². The number of aryl methyl sites for hydroxylation is 1. The van der Waals surface area contributed by atoms with Crippen molar-refractivity contribution in [2.24, 2.45) is 0 Å². The summed E-state index contributed by atoms with van der Waals surface area (Å²) in [5, 5.41) is 4.84. The van der Waals surface area contributed by atoms with Gasteiger partial charge in [0.1, 0.15) is 5.69 Å². The van der Waals surface area contributed by atoms with Crippen molar-refractivity contribution in [2.75, 3.05) is 40.3 Å². The van der Waals surface area contributed by atoms with Gasteiger partial charge in [0.25, 0.3) is 5.91 Å². The highest BCUT2D eigenvalue weighted by Crippen LogP contribution is 2.33. The van der Waals surface area contributed by atoms with E-state index in [9.17, 15) is 4.79 Å². The second-order valence-corrected chi connectivity index (χ2v) is 8.51. The van der Waals surface area contributed by atoms with Gasteiger partial charge in [-0.3, -0.25) is 9.78 Å². The molecule has 0 unspecified atom stereocenters. The van der Waals surface area contributed by atoms with E-state index in [0.717, 1.165) is 46.3 Å². The van der Waals surface area contributed by atoms with Gasteiger partial charge in [0.15, 0.2) is 0 Å². The number of fused-ring (bicyclic) bond motifs is 1. The molecule has 1 amide bonds. The van der Waals surface area contributed by atoms with Gasteiger partial charge in [0.2, 0.25) is 0 Å². The summed E-state index contributed by atoms with van der Waals surface area (Å²) in [6.45, 7) is 5.48. The molecular formula is C22H26BrN5O2. The standard InChI is InChI=1S/C22H26BrN5O2/c1-4-17-5-6-19-20(15-11-16(23)13-24-12-15)21(18(14-30-3)25-28(17)19)22(29)27-9-7-26(2)8-10-27/h5-6,11-13H,4,7-10,14H2,1-3H3. The number of rotatable bonds is 5. The third-order valence-corrected chi connectivity index (χ3v) is 6.02. The summed E-state index contributed by atoms with van der Waals surface area (Å²) < 4.78 is 8.26. The quantitative estimate of drug-likeness (QED) is 0.571. The average molecular weight is 472 g/mol. The van der Waals surface area contributed by atoms with Gasteiger partial charge in [-0.25, -0.2) is 4.52 Å². The fraction of sp³-hybridized carbons (Fsp3) is 0.409. The zero-order valence-corrected chi connectivity index (χ0v) is 19.1. The van der Waals surface area contributed by atoms with E-state index in [-0.39, 0.29) is 12.5 Å². The highest BCUT2D eigenvalue weighted by molar-refractivity contribution is 9.10. The molecular weight excluding hydrogens is 446 g/mol. The van der Waals surface area contributed by atoms with E-state index in [1.807, 2.05) is 21.5 Å². The number of pyridine rings is 1. The maximum atomic E-state index is 13.8. The Balaban J connectivity index is 1.97. The normalized spacial score (nSPS) is 15.1. The molecule has 3 aromatic heterocycles. The first-order valence-corrected chi connectivity index (χ1v) is 10.9. The van der Waals surface area contributed by atoms with E-state index in [1.165, 1.54) is 0 Å². The van der Waals surface area contributed by atoms with Crippen LogP contribution < -0.4 is 0 Å². The maximum absolute atomic E-state index is 13.8. The van der Waals surface area contributed by atoms with Crippen molar-refractivity contribution < 1.29 is 9.53 Å². The van der Waals surface area contributed by atoms with Crippen LogP contribution in [0.1, 0.15) is 28.7 Å². The molecule has 0 aliphatic carbocycles.